The molecule has 1 rings (SSSR count). The van der Waals surface area contributed by atoms with E-state index < -0.39 is 0 Å². The number of aromatic nitrogens is 1. The quantitative estimate of drug-likeness (QED) is 0.427. The number of nitrogens with two attached hydrogens (primary N) is 1. The van der Waals surface area contributed by atoms with E-state index >= 15 is 0 Å². The van der Waals surface area contributed by atoms with Crippen molar-refractivity contribution in [1.82, 2.24) is 9.88 Å². The molecule has 1 amide bonds. The van der Waals surface area contributed by atoms with Gasteiger partial charge in [0.25, 0.3) is 5.91 Å². The number of nitrogens with zero attached hydrogens (tertiary/aromatic N) is 2. The first-order chi connectivity index (χ1) is 8.72. The molecule has 0 radical (unpaired) electrons. The van der Waals surface area contributed by atoms with Crippen LogP contribution >= 0.6 is 0 Å². The summed E-state index contributed by atoms with van der Waals surface area (Å²) in [4.78, 5) is 18.0. The van der Waals surface area contributed by atoms with Crippen LogP contribution in [0.25, 0.3) is 0 Å². The number of carbonyl (C=O) groups excluding carboxylic acids is 1. The second kappa shape index (κ2) is 7.62. The minimum absolute atomic E-state index is 0.116. The molecule has 0 fully saturated rings. The van der Waals surface area contributed by atoms with E-state index in [9.17, 15) is 4.79 Å². The van der Waals surface area contributed by atoms with Crippen LogP contribution in [0.15, 0.2) is 18.2 Å². The summed E-state index contributed by atoms with van der Waals surface area (Å²) < 4.78 is 5.25. The maximum atomic E-state index is 12.2. The minimum Gasteiger partial charge on any atom is -0.380 e. The van der Waals surface area contributed by atoms with Crippen LogP contribution in [0.4, 0.5) is 5.82 Å². The van der Waals surface area contributed by atoms with Gasteiger partial charge in [0.1, 0.15) is 11.5 Å². The monoisotopic (exact) mass is 252 g/mol. The molecule has 1 heterocycles. The Morgan fingerprint density at radius 3 is 2.89 bits per heavy atom. The van der Waals surface area contributed by atoms with E-state index in [1.54, 1.807) is 23.1 Å². The molecule has 6 heteroatoms. The number of rotatable bonds is 7. The Kier molecular flexibility index (Phi) is 6.10. The first kappa shape index (κ1) is 14.4. The van der Waals surface area contributed by atoms with Crippen molar-refractivity contribution < 1.29 is 9.53 Å². The Bertz CT molecular complexity index is 384. The van der Waals surface area contributed by atoms with Crippen LogP contribution in [-0.2, 0) is 4.74 Å². The average molecular weight is 252 g/mol. The van der Waals surface area contributed by atoms with E-state index in [0.29, 0.717) is 37.8 Å². The highest BCUT2D eigenvalue weighted by Gasteiger charge is 2.15. The lowest BCUT2D eigenvalue weighted by Gasteiger charge is -2.20. The number of hydrogen-bond acceptors (Lipinski definition) is 5. The van der Waals surface area contributed by atoms with Crippen LogP contribution in [-0.4, -0.2) is 42.1 Å². The minimum atomic E-state index is -0.116. The molecule has 0 atom stereocenters. The second-order valence-corrected chi connectivity index (χ2v) is 3.63. The van der Waals surface area contributed by atoms with E-state index in [4.69, 9.17) is 10.6 Å². The molecule has 100 valence electrons. The Labute approximate surface area is 107 Å². The Morgan fingerprint density at radius 2 is 2.28 bits per heavy atom. The molecule has 0 aliphatic rings. The topological polar surface area (TPSA) is 80.5 Å². The molecule has 1 aromatic rings. The van der Waals surface area contributed by atoms with Crippen molar-refractivity contribution in [3.63, 3.8) is 0 Å². The fourth-order valence-corrected chi connectivity index (χ4v) is 1.52. The van der Waals surface area contributed by atoms with Gasteiger partial charge in [-0.3, -0.25) is 4.79 Å². The average Bonchev–Trinajstić information content (AvgIpc) is 2.43. The SMILES string of the molecule is CCOCCN(CC)C(=O)c1cccc(NN)n1. The van der Waals surface area contributed by atoms with Crippen molar-refractivity contribution in [2.75, 3.05) is 31.7 Å². The second-order valence-electron chi connectivity index (χ2n) is 3.63. The molecule has 1 aromatic heterocycles. The highest BCUT2D eigenvalue weighted by Crippen LogP contribution is 2.06. The zero-order valence-electron chi connectivity index (χ0n) is 10.8. The van der Waals surface area contributed by atoms with Gasteiger partial charge in [0.15, 0.2) is 0 Å². The first-order valence-corrected chi connectivity index (χ1v) is 6.03. The van der Waals surface area contributed by atoms with Gasteiger partial charge in [0.05, 0.1) is 6.61 Å². The molecule has 3 N–H and O–H groups in total. The van der Waals surface area contributed by atoms with Gasteiger partial charge >= 0.3 is 0 Å². The van der Waals surface area contributed by atoms with Gasteiger partial charge in [0, 0.05) is 19.7 Å². The third kappa shape index (κ3) is 3.97. The molecule has 0 aliphatic carbocycles. The summed E-state index contributed by atoms with van der Waals surface area (Å²) in [5.74, 6) is 5.63. The van der Waals surface area contributed by atoms with Gasteiger partial charge in [-0.15, -0.1) is 0 Å². The highest BCUT2D eigenvalue weighted by atomic mass is 16.5. The third-order valence-electron chi connectivity index (χ3n) is 2.49. The van der Waals surface area contributed by atoms with Gasteiger partial charge in [-0.05, 0) is 26.0 Å². The van der Waals surface area contributed by atoms with Gasteiger partial charge in [0.2, 0.25) is 0 Å². The van der Waals surface area contributed by atoms with Gasteiger partial charge in [-0.1, -0.05) is 6.07 Å². The summed E-state index contributed by atoms with van der Waals surface area (Å²) in [6, 6.07) is 5.12. The lowest BCUT2D eigenvalue weighted by molar-refractivity contribution is 0.0664. The molecular weight excluding hydrogens is 232 g/mol. The van der Waals surface area contributed by atoms with Crippen molar-refractivity contribution in [2.24, 2.45) is 5.84 Å². The molecule has 6 nitrogen and oxygen atoms in total. The number of carbonyl (C=O) groups is 1. The molecule has 0 unspecified atom stereocenters. The number of amides is 1. The number of pyridine rings is 1. The maximum absolute atomic E-state index is 12.2. The summed E-state index contributed by atoms with van der Waals surface area (Å²) in [5, 5.41) is 0. The van der Waals surface area contributed by atoms with Crippen molar-refractivity contribution in [2.45, 2.75) is 13.8 Å². The fourth-order valence-electron chi connectivity index (χ4n) is 1.52. The van der Waals surface area contributed by atoms with Gasteiger partial charge in [-0.2, -0.15) is 0 Å². The highest BCUT2D eigenvalue weighted by molar-refractivity contribution is 5.92. The first-order valence-electron chi connectivity index (χ1n) is 6.03. The lowest BCUT2D eigenvalue weighted by atomic mass is 10.3. The third-order valence-corrected chi connectivity index (χ3v) is 2.49. The summed E-state index contributed by atoms with van der Waals surface area (Å²) in [7, 11) is 0. The number of likely N-dealkylation sites (N-methyl/N-ethyl adjacent to an activating group) is 1. The van der Waals surface area contributed by atoms with E-state index in [1.165, 1.54) is 0 Å². The molecule has 0 aliphatic heterocycles. The Hall–Kier alpha value is -1.66. The van der Waals surface area contributed by atoms with Crippen LogP contribution in [0, 0.1) is 0 Å². The zero-order valence-corrected chi connectivity index (χ0v) is 10.8. The molecule has 0 aromatic carbocycles. The number of hydrogen-bond donors (Lipinski definition) is 2. The van der Waals surface area contributed by atoms with Gasteiger partial charge in [-0.25, -0.2) is 10.8 Å². The van der Waals surface area contributed by atoms with E-state index in [-0.39, 0.29) is 5.91 Å². The lowest BCUT2D eigenvalue weighted by Crippen LogP contribution is -2.34. The van der Waals surface area contributed by atoms with Crippen molar-refractivity contribution in [3.8, 4) is 0 Å². The van der Waals surface area contributed by atoms with Crippen molar-refractivity contribution in [3.05, 3.63) is 23.9 Å². The number of anilines is 1. The van der Waals surface area contributed by atoms with Crippen LogP contribution in [0.5, 0.6) is 0 Å². The van der Waals surface area contributed by atoms with Crippen molar-refractivity contribution >= 4 is 11.7 Å². The summed E-state index contributed by atoms with van der Waals surface area (Å²) in [6.07, 6.45) is 0. The summed E-state index contributed by atoms with van der Waals surface area (Å²) in [5.41, 5.74) is 2.80. The number of hydrazine groups is 1. The molecule has 0 bridgehead atoms. The molecule has 0 spiro atoms. The molecular formula is C12H20N4O2. The van der Waals surface area contributed by atoms with Crippen LogP contribution in [0.1, 0.15) is 24.3 Å². The Balaban J connectivity index is 2.69. The molecule has 18 heavy (non-hydrogen) atoms. The normalized spacial score (nSPS) is 10.2. The standard InChI is InChI=1S/C12H20N4O2/c1-3-16(8-9-18-4-2)12(17)10-6-5-7-11(14-10)15-13/h5-7H,3-4,8-9,13H2,1-2H3,(H,14,15). The van der Waals surface area contributed by atoms with E-state index in [1.807, 2.05) is 13.8 Å². The van der Waals surface area contributed by atoms with Crippen LogP contribution in [0.3, 0.4) is 0 Å². The van der Waals surface area contributed by atoms with Crippen LogP contribution in [0.2, 0.25) is 0 Å². The summed E-state index contributed by atoms with van der Waals surface area (Å²) in [6.45, 7) is 6.21. The number of ether oxygens (including phenoxy) is 1. The summed E-state index contributed by atoms with van der Waals surface area (Å²) >= 11 is 0. The number of nitrogen functional groups attached to an aromatic ring is 1. The molecule has 0 saturated carbocycles. The van der Waals surface area contributed by atoms with E-state index in [0.717, 1.165) is 0 Å². The maximum Gasteiger partial charge on any atom is 0.272 e. The zero-order chi connectivity index (χ0) is 13.4. The predicted molar refractivity (Wildman–Crippen MR) is 70.1 cm³/mol. The van der Waals surface area contributed by atoms with Gasteiger partial charge < -0.3 is 15.1 Å². The predicted octanol–water partition coefficient (Wildman–Crippen LogP) is 0.866. The molecule has 0 saturated heterocycles. The number of nitrogens with one attached hydrogen (secondary N) is 1. The Morgan fingerprint density at radius 1 is 1.50 bits per heavy atom. The van der Waals surface area contributed by atoms with Crippen molar-refractivity contribution in [1.29, 1.82) is 0 Å². The largest absolute Gasteiger partial charge is 0.380 e. The van der Waals surface area contributed by atoms with E-state index in [2.05, 4.69) is 10.4 Å². The smallest absolute Gasteiger partial charge is 0.272 e. The fraction of sp³-hybridized carbons (Fsp3) is 0.500. The van der Waals surface area contributed by atoms with Crippen LogP contribution < -0.4 is 11.3 Å².